The van der Waals surface area contributed by atoms with Gasteiger partial charge < -0.3 is 10.1 Å². The summed E-state index contributed by atoms with van der Waals surface area (Å²) in [6.07, 6.45) is 5.72. The molecule has 7 heteroatoms. The minimum absolute atomic E-state index is 0.126. The van der Waals surface area contributed by atoms with Gasteiger partial charge in [0, 0.05) is 24.5 Å². The second-order valence-electron chi connectivity index (χ2n) is 7.49. The largest absolute Gasteiger partial charge is 0.444 e. The molecule has 0 aliphatic carbocycles. The van der Waals surface area contributed by atoms with E-state index in [4.69, 9.17) is 4.74 Å². The van der Waals surface area contributed by atoms with Crippen molar-refractivity contribution >= 4 is 29.1 Å². The Bertz CT molecular complexity index is 828. The van der Waals surface area contributed by atoms with Crippen LogP contribution in [0.2, 0.25) is 0 Å². The van der Waals surface area contributed by atoms with Gasteiger partial charge >= 0.3 is 6.09 Å². The molecule has 0 aliphatic heterocycles. The maximum atomic E-state index is 11.8. The number of aromatic nitrogens is 1. The van der Waals surface area contributed by atoms with Gasteiger partial charge in [0.15, 0.2) is 0 Å². The van der Waals surface area contributed by atoms with Gasteiger partial charge in [0.2, 0.25) is 5.91 Å². The van der Waals surface area contributed by atoms with Crippen molar-refractivity contribution in [3.8, 4) is 0 Å². The van der Waals surface area contributed by atoms with Crippen molar-refractivity contribution in [2.24, 2.45) is 5.10 Å². The number of hydrazone groups is 1. The molecule has 150 valence electrons. The van der Waals surface area contributed by atoms with E-state index in [-0.39, 0.29) is 5.91 Å². The van der Waals surface area contributed by atoms with E-state index in [0.29, 0.717) is 13.0 Å². The van der Waals surface area contributed by atoms with Gasteiger partial charge in [-0.05, 0) is 57.4 Å². The normalized spacial score (nSPS) is 11.5. The van der Waals surface area contributed by atoms with Gasteiger partial charge in [-0.15, -0.1) is 0 Å². The van der Waals surface area contributed by atoms with Crippen LogP contribution in [0.3, 0.4) is 0 Å². The molecule has 1 aromatic carbocycles. The van der Waals surface area contributed by atoms with E-state index in [1.54, 1.807) is 12.4 Å². The molecular formula is C21H28N4O3. The number of carbonyl (C=O) groups is 2. The number of nitrogens with one attached hydrogen (secondary N) is 2. The van der Waals surface area contributed by atoms with Crippen LogP contribution >= 0.6 is 0 Å². The van der Waals surface area contributed by atoms with E-state index < -0.39 is 11.7 Å². The van der Waals surface area contributed by atoms with Crippen LogP contribution in [0.4, 0.5) is 4.79 Å². The van der Waals surface area contributed by atoms with Crippen molar-refractivity contribution in [1.82, 2.24) is 15.7 Å². The van der Waals surface area contributed by atoms with Gasteiger partial charge in [-0.3, -0.25) is 9.78 Å². The Hall–Kier alpha value is -2.96. The van der Waals surface area contributed by atoms with Crippen LogP contribution in [0, 0.1) is 0 Å². The quantitative estimate of drug-likeness (QED) is 0.412. The second kappa shape index (κ2) is 10.4. The lowest BCUT2D eigenvalue weighted by molar-refractivity contribution is -0.121. The minimum Gasteiger partial charge on any atom is -0.444 e. The standard InChI is InChI=1S/C21H28N4O3/c1-21(2,3)28-20(27)23-12-6-4-5-9-19(26)25-24-15-16-10-11-18-17(14-16)8-7-13-22-18/h7-8,10-11,13-15H,4-6,9,12H2,1-3H3,(H,23,27)(H,25,26)/b24-15+. The molecule has 0 atom stereocenters. The lowest BCUT2D eigenvalue weighted by Gasteiger charge is -2.19. The van der Waals surface area contributed by atoms with Crippen molar-refractivity contribution in [2.75, 3.05) is 6.54 Å². The molecule has 7 nitrogen and oxygen atoms in total. The molecule has 28 heavy (non-hydrogen) atoms. The molecular weight excluding hydrogens is 356 g/mol. The zero-order chi connectivity index (χ0) is 20.4. The highest BCUT2D eigenvalue weighted by Gasteiger charge is 2.15. The minimum atomic E-state index is -0.494. The number of benzene rings is 1. The Morgan fingerprint density at radius 1 is 1.18 bits per heavy atom. The van der Waals surface area contributed by atoms with E-state index in [1.165, 1.54) is 0 Å². The van der Waals surface area contributed by atoms with Gasteiger partial charge in [-0.25, -0.2) is 10.2 Å². The van der Waals surface area contributed by atoms with Crippen LogP contribution in [-0.4, -0.2) is 35.3 Å². The van der Waals surface area contributed by atoms with Crippen molar-refractivity contribution in [2.45, 2.75) is 52.1 Å². The fourth-order valence-electron chi connectivity index (χ4n) is 2.50. The van der Waals surface area contributed by atoms with Crippen molar-refractivity contribution in [3.05, 3.63) is 42.1 Å². The molecule has 0 fully saturated rings. The molecule has 0 saturated heterocycles. The average Bonchev–Trinajstić information content (AvgIpc) is 2.63. The molecule has 0 unspecified atom stereocenters. The lowest BCUT2D eigenvalue weighted by Crippen LogP contribution is -2.33. The Labute approximate surface area is 165 Å². The third-order valence-corrected chi connectivity index (χ3v) is 3.78. The first kappa shape index (κ1) is 21.3. The Morgan fingerprint density at radius 3 is 2.79 bits per heavy atom. The zero-order valence-corrected chi connectivity index (χ0v) is 16.7. The van der Waals surface area contributed by atoms with Crippen molar-refractivity contribution in [1.29, 1.82) is 0 Å². The van der Waals surface area contributed by atoms with Crippen LogP contribution in [0.15, 0.2) is 41.6 Å². The monoisotopic (exact) mass is 384 g/mol. The number of carbonyl (C=O) groups excluding carboxylic acids is 2. The van der Waals surface area contributed by atoms with Crippen LogP contribution in [0.1, 0.15) is 52.0 Å². The smallest absolute Gasteiger partial charge is 0.407 e. The number of alkyl carbamates (subject to hydrolysis) is 1. The SMILES string of the molecule is CC(C)(C)OC(=O)NCCCCCC(=O)N/N=C/c1ccc2ncccc2c1. The average molecular weight is 384 g/mol. The number of unbranched alkanes of at least 4 members (excludes halogenated alkanes) is 2. The number of rotatable bonds is 8. The summed E-state index contributed by atoms with van der Waals surface area (Å²) in [4.78, 5) is 27.6. The van der Waals surface area contributed by atoms with Crippen LogP contribution < -0.4 is 10.7 Å². The molecule has 2 aromatic rings. The molecule has 0 spiro atoms. The fourth-order valence-corrected chi connectivity index (χ4v) is 2.50. The summed E-state index contributed by atoms with van der Waals surface area (Å²) in [5.74, 6) is -0.126. The molecule has 1 heterocycles. The highest BCUT2D eigenvalue weighted by atomic mass is 16.6. The van der Waals surface area contributed by atoms with Crippen molar-refractivity contribution in [3.63, 3.8) is 0 Å². The van der Waals surface area contributed by atoms with E-state index in [0.717, 1.165) is 35.7 Å². The summed E-state index contributed by atoms with van der Waals surface area (Å²) in [6.45, 7) is 6.01. The highest BCUT2D eigenvalue weighted by molar-refractivity contribution is 5.89. The van der Waals surface area contributed by atoms with Crippen LogP contribution in [0.25, 0.3) is 10.9 Å². The predicted molar refractivity (Wildman–Crippen MR) is 110 cm³/mol. The highest BCUT2D eigenvalue weighted by Crippen LogP contribution is 2.12. The molecule has 2 rings (SSSR count). The van der Waals surface area contributed by atoms with Gasteiger partial charge in [-0.2, -0.15) is 5.10 Å². The number of hydrogen-bond donors (Lipinski definition) is 2. The summed E-state index contributed by atoms with van der Waals surface area (Å²) in [5.41, 5.74) is 3.86. The van der Waals surface area contributed by atoms with Crippen LogP contribution in [-0.2, 0) is 9.53 Å². The molecule has 1 aromatic heterocycles. The summed E-state index contributed by atoms with van der Waals surface area (Å²) >= 11 is 0. The maximum Gasteiger partial charge on any atom is 0.407 e. The molecule has 2 N–H and O–H groups in total. The first-order valence-corrected chi connectivity index (χ1v) is 9.47. The number of hydrogen-bond acceptors (Lipinski definition) is 5. The predicted octanol–water partition coefficient (Wildman–Crippen LogP) is 3.77. The fraction of sp³-hybridized carbons (Fsp3) is 0.429. The molecule has 0 bridgehead atoms. The summed E-state index contributed by atoms with van der Waals surface area (Å²) in [5, 5.41) is 7.73. The molecule has 0 radical (unpaired) electrons. The maximum absolute atomic E-state index is 11.8. The number of pyridine rings is 1. The van der Waals surface area contributed by atoms with Gasteiger partial charge in [0.25, 0.3) is 0 Å². The first-order chi connectivity index (χ1) is 13.3. The van der Waals surface area contributed by atoms with Crippen molar-refractivity contribution < 1.29 is 14.3 Å². The van der Waals surface area contributed by atoms with E-state index >= 15 is 0 Å². The lowest BCUT2D eigenvalue weighted by atomic mass is 10.1. The Balaban J connectivity index is 1.59. The molecule has 0 aliphatic rings. The Morgan fingerprint density at radius 2 is 2.00 bits per heavy atom. The zero-order valence-electron chi connectivity index (χ0n) is 16.7. The summed E-state index contributed by atoms with van der Waals surface area (Å²) in [7, 11) is 0. The topological polar surface area (TPSA) is 92.7 Å². The Kier molecular flexibility index (Phi) is 7.92. The second-order valence-corrected chi connectivity index (χ2v) is 7.49. The van der Waals surface area contributed by atoms with E-state index in [2.05, 4.69) is 20.8 Å². The number of nitrogens with zero attached hydrogens (tertiary/aromatic N) is 2. The number of amides is 2. The molecule has 0 saturated carbocycles. The third-order valence-electron chi connectivity index (χ3n) is 3.78. The van der Waals surface area contributed by atoms with Crippen LogP contribution in [0.5, 0.6) is 0 Å². The molecule has 2 amide bonds. The summed E-state index contributed by atoms with van der Waals surface area (Å²) in [6, 6.07) is 9.66. The van der Waals surface area contributed by atoms with E-state index in [9.17, 15) is 9.59 Å². The first-order valence-electron chi connectivity index (χ1n) is 9.47. The number of ether oxygens (including phenoxy) is 1. The van der Waals surface area contributed by atoms with Gasteiger partial charge in [0.05, 0.1) is 11.7 Å². The van der Waals surface area contributed by atoms with Gasteiger partial charge in [0.1, 0.15) is 5.60 Å². The van der Waals surface area contributed by atoms with E-state index in [1.807, 2.05) is 51.1 Å². The summed E-state index contributed by atoms with van der Waals surface area (Å²) < 4.78 is 5.15. The van der Waals surface area contributed by atoms with Gasteiger partial charge in [-0.1, -0.05) is 18.6 Å². The number of fused-ring (bicyclic) bond motifs is 1. The third kappa shape index (κ3) is 8.16.